The molecule has 19 heavy (non-hydrogen) atoms. The Balaban J connectivity index is 2.08. The van der Waals surface area contributed by atoms with Gasteiger partial charge in [-0.2, -0.15) is 0 Å². The third-order valence-electron chi connectivity index (χ3n) is 3.00. The summed E-state index contributed by atoms with van der Waals surface area (Å²) in [5, 5.41) is 5.20. The molecule has 0 saturated carbocycles. The molecule has 4 nitrogen and oxygen atoms in total. The highest BCUT2D eigenvalue weighted by Gasteiger charge is 2.30. The van der Waals surface area contributed by atoms with Crippen molar-refractivity contribution < 1.29 is 18.3 Å². The van der Waals surface area contributed by atoms with Gasteiger partial charge in [-0.05, 0) is 18.6 Å². The number of amides is 1. The van der Waals surface area contributed by atoms with Crippen molar-refractivity contribution in [1.29, 1.82) is 0 Å². The fourth-order valence-electron chi connectivity index (χ4n) is 1.95. The van der Waals surface area contributed by atoms with Crippen molar-refractivity contribution in [2.24, 2.45) is 0 Å². The summed E-state index contributed by atoms with van der Waals surface area (Å²) in [7, 11) is 1.56. The van der Waals surface area contributed by atoms with E-state index in [2.05, 4.69) is 26.6 Å². The van der Waals surface area contributed by atoms with Gasteiger partial charge in [0.25, 0.3) is 0 Å². The number of benzene rings is 1. The Kier molecular flexibility index (Phi) is 4.49. The summed E-state index contributed by atoms with van der Waals surface area (Å²) in [5.41, 5.74) is -0.434. The van der Waals surface area contributed by atoms with Crippen molar-refractivity contribution in [3.05, 3.63) is 28.2 Å². The topological polar surface area (TPSA) is 50.4 Å². The van der Waals surface area contributed by atoms with Crippen LogP contribution in [-0.4, -0.2) is 31.7 Å². The van der Waals surface area contributed by atoms with Crippen molar-refractivity contribution in [2.75, 3.05) is 19.0 Å². The molecule has 0 bridgehead atoms. The van der Waals surface area contributed by atoms with Crippen LogP contribution in [0.1, 0.15) is 6.42 Å². The van der Waals surface area contributed by atoms with Gasteiger partial charge in [-0.1, -0.05) is 15.9 Å². The van der Waals surface area contributed by atoms with Gasteiger partial charge >= 0.3 is 0 Å². The number of nitrogens with one attached hydrogen (secondary N) is 2. The summed E-state index contributed by atoms with van der Waals surface area (Å²) in [6.45, 7) is 0.542. The summed E-state index contributed by atoms with van der Waals surface area (Å²) in [6.07, 6.45) is 0.414. The lowest BCUT2D eigenvalue weighted by molar-refractivity contribution is -0.118. The minimum atomic E-state index is -0.818. The molecule has 1 aliphatic rings. The Bertz CT molecular complexity index is 476. The van der Waals surface area contributed by atoms with Gasteiger partial charge < -0.3 is 15.4 Å². The molecule has 2 N–H and O–H groups in total. The molecule has 1 heterocycles. The lowest BCUT2D eigenvalue weighted by atomic mass is 10.2. The Hall–Kier alpha value is -1.05. The first-order chi connectivity index (χ1) is 9.01. The van der Waals surface area contributed by atoms with Crippen LogP contribution in [-0.2, 0) is 9.53 Å². The number of ether oxygens (including phenoxy) is 1. The number of methoxy groups -OCH3 is 1. The molecular weight excluding hydrogens is 322 g/mol. The lowest BCUT2D eigenvalue weighted by Gasteiger charge is -2.12. The number of hydrogen-bond donors (Lipinski definition) is 2. The van der Waals surface area contributed by atoms with E-state index in [9.17, 15) is 13.6 Å². The molecule has 0 radical (unpaired) electrons. The van der Waals surface area contributed by atoms with Crippen LogP contribution in [0.15, 0.2) is 16.6 Å². The quantitative estimate of drug-likeness (QED) is 0.889. The third-order valence-corrected chi connectivity index (χ3v) is 3.45. The number of rotatable bonds is 3. The normalized spacial score (nSPS) is 22.5. The fraction of sp³-hybridized carbons (Fsp3) is 0.417. The molecule has 1 aromatic rings. The zero-order chi connectivity index (χ0) is 14.0. The van der Waals surface area contributed by atoms with E-state index < -0.39 is 29.3 Å². The summed E-state index contributed by atoms with van der Waals surface area (Å²) in [5.74, 6) is -2.11. The van der Waals surface area contributed by atoms with Crippen molar-refractivity contribution in [3.63, 3.8) is 0 Å². The molecule has 1 amide bonds. The molecule has 104 valence electrons. The molecule has 2 atom stereocenters. The van der Waals surface area contributed by atoms with Crippen LogP contribution < -0.4 is 10.6 Å². The van der Waals surface area contributed by atoms with Gasteiger partial charge in [-0.15, -0.1) is 0 Å². The minimum absolute atomic E-state index is 0.0599. The van der Waals surface area contributed by atoms with Crippen LogP contribution in [0.25, 0.3) is 0 Å². The maximum absolute atomic E-state index is 13.6. The lowest BCUT2D eigenvalue weighted by Crippen LogP contribution is -2.36. The maximum atomic E-state index is 13.6. The van der Waals surface area contributed by atoms with E-state index in [1.54, 1.807) is 7.11 Å². The first kappa shape index (κ1) is 14.4. The summed E-state index contributed by atoms with van der Waals surface area (Å²) in [4.78, 5) is 11.9. The average molecular weight is 335 g/mol. The van der Waals surface area contributed by atoms with Gasteiger partial charge in [0.2, 0.25) is 5.91 Å². The molecule has 1 fully saturated rings. The molecule has 0 aromatic heterocycles. The van der Waals surface area contributed by atoms with Gasteiger partial charge in [-0.3, -0.25) is 4.79 Å². The molecule has 2 rings (SSSR count). The van der Waals surface area contributed by atoms with Crippen LogP contribution in [0.2, 0.25) is 0 Å². The Labute approximate surface area is 117 Å². The number of anilines is 1. The third kappa shape index (κ3) is 3.29. The van der Waals surface area contributed by atoms with Crippen molar-refractivity contribution in [3.8, 4) is 0 Å². The number of hydrogen-bond acceptors (Lipinski definition) is 3. The smallest absolute Gasteiger partial charge is 0.241 e. The predicted molar refractivity (Wildman–Crippen MR) is 69.9 cm³/mol. The van der Waals surface area contributed by atoms with E-state index in [1.807, 2.05) is 0 Å². The highest BCUT2D eigenvalue weighted by atomic mass is 79.9. The summed E-state index contributed by atoms with van der Waals surface area (Å²) in [6, 6.07) is 1.68. The second-order valence-electron chi connectivity index (χ2n) is 4.29. The standard InChI is InChI=1S/C12H13BrF2N2O2/c1-19-7-4-10(16-5-7)12(18)17-11-8(14)2-6(13)3-9(11)15/h2-3,7,10,16H,4-5H2,1H3,(H,17,18). The van der Waals surface area contributed by atoms with Gasteiger partial charge in [0.05, 0.1) is 12.1 Å². The molecule has 1 aliphatic heterocycles. The monoisotopic (exact) mass is 334 g/mol. The van der Waals surface area contributed by atoms with Crippen LogP contribution >= 0.6 is 15.9 Å². The molecule has 0 aliphatic carbocycles. The number of carbonyl (C=O) groups is 1. The zero-order valence-electron chi connectivity index (χ0n) is 10.2. The van der Waals surface area contributed by atoms with Crippen LogP contribution in [0.4, 0.5) is 14.5 Å². The second-order valence-corrected chi connectivity index (χ2v) is 5.20. The van der Waals surface area contributed by atoms with E-state index >= 15 is 0 Å². The maximum Gasteiger partial charge on any atom is 0.241 e. The van der Waals surface area contributed by atoms with Crippen LogP contribution in [0.5, 0.6) is 0 Å². The van der Waals surface area contributed by atoms with E-state index in [4.69, 9.17) is 4.74 Å². The molecule has 7 heteroatoms. The summed E-state index contributed by atoms with van der Waals surface area (Å²) < 4.78 is 32.5. The number of carbonyl (C=O) groups excluding carboxylic acids is 1. The van der Waals surface area contributed by atoms with Gasteiger partial charge in [-0.25, -0.2) is 8.78 Å². The zero-order valence-corrected chi connectivity index (χ0v) is 11.8. The largest absolute Gasteiger partial charge is 0.380 e. The first-order valence-electron chi connectivity index (χ1n) is 5.73. The van der Waals surface area contributed by atoms with Gasteiger partial charge in [0.15, 0.2) is 11.6 Å². The van der Waals surface area contributed by atoms with Crippen LogP contribution in [0.3, 0.4) is 0 Å². The number of halogens is 3. The predicted octanol–water partition coefficient (Wildman–Crippen LogP) is 2.04. The van der Waals surface area contributed by atoms with Crippen molar-refractivity contribution in [1.82, 2.24) is 5.32 Å². The van der Waals surface area contributed by atoms with Crippen LogP contribution in [0, 0.1) is 11.6 Å². The van der Waals surface area contributed by atoms with Gasteiger partial charge in [0.1, 0.15) is 5.69 Å². The van der Waals surface area contributed by atoms with Crippen molar-refractivity contribution >= 4 is 27.5 Å². The molecule has 1 aromatic carbocycles. The van der Waals surface area contributed by atoms with E-state index in [-0.39, 0.29) is 10.6 Å². The van der Waals surface area contributed by atoms with E-state index in [0.29, 0.717) is 13.0 Å². The van der Waals surface area contributed by atoms with E-state index in [0.717, 1.165) is 12.1 Å². The molecule has 0 spiro atoms. The van der Waals surface area contributed by atoms with E-state index in [1.165, 1.54) is 0 Å². The fourth-order valence-corrected chi connectivity index (χ4v) is 2.36. The Morgan fingerprint density at radius 2 is 2.11 bits per heavy atom. The molecular formula is C12H13BrF2N2O2. The highest BCUT2D eigenvalue weighted by molar-refractivity contribution is 9.10. The Morgan fingerprint density at radius 1 is 1.47 bits per heavy atom. The highest BCUT2D eigenvalue weighted by Crippen LogP contribution is 2.24. The summed E-state index contributed by atoms with van der Waals surface area (Å²) >= 11 is 2.98. The first-order valence-corrected chi connectivity index (χ1v) is 6.52. The molecule has 2 unspecified atom stereocenters. The van der Waals surface area contributed by atoms with Gasteiger partial charge in [0, 0.05) is 18.1 Å². The minimum Gasteiger partial charge on any atom is -0.380 e. The Morgan fingerprint density at radius 3 is 2.63 bits per heavy atom. The second kappa shape index (κ2) is 5.94. The molecule has 1 saturated heterocycles. The average Bonchev–Trinajstić information content (AvgIpc) is 2.82. The van der Waals surface area contributed by atoms with Crippen molar-refractivity contribution in [2.45, 2.75) is 18.6 Å². The SMILES string of the molecule is COC1CNC(C(=O)Nc2c(F)cc(Br)cc2F)C1.